The summed E-state index contributed by atoms with van der Waals surface area (Å²) in [5.74, 6) is 2.31. The number of rotatable bonds is 10. The van der Waals surface area contributed by atoms with Crippen molar-refractivity contribution in [3.8, 4) is 0 Å². The average Bonchev–Trinajstić information content (AvgIpc) is 2.20. The lowest BCUT2D eigenvalue weighted by Crippen LogP contribution is -2.20. The molecule has 0 saturated carbocycles. The summed E-state index contributed by atoms with van der Waals surface area (Å²) in [7, 11) is 0. The standard InChI is InChI=1S/C11H24N2OS/c1-11(2)13-6-5-12-7-10-15-9-4-3-8-14/h12,14H,3-10H2,1-2H3. The Balaban J connectivity index is 2.96. The van der Waals surface area contributed by atoms with Crippen LogP contribution in [-0.4, -0.2) is 48.6 Å². The predicted molar refractivity (Wildman–Crippen MR) is 70.2 cm³/mol. The van der Waals surface area contributed by atoms with Crippen LogP contribution in [0.25, 0.3) is 0 Å². The van der Waals surface area contributed by atoms with Crippen molar-refractivity contribution < 1.29 is 5.11 Å². The lowest BCUT2D eigenvalue weighted by molar-refractivity contribution is 0.287. The maximum atomic E-state index is 8.58. The van der Waals surface area contributed by atoms with Crippen LogP contribution >= 0.6 is 11.8 Å². The van der Waals surface area contributed by atoms with Crippen LogP contribution in [-0.2, 0) is 0 Å². The third-order valence-electron chi connectivity index (χ3n) is 1.84. The van der Waals surface area contributed by atoms with E-state index >= 15 is 0 Å². The molecule has 0 heterocycles. The molecule has 0 bridgehead atoms. The third-order valence-corrected chi connectivity index (χ3v) is 2.91. The summed E-state index contributed by atoms with van der Waals surface area (Å²) in [5, 5.41) is 11.9. The maximum absolute atomic E-state index is 8.58. The molecule has 0 unspecified atom stereocenters. The quantitative estimate of drug-likeness (QED) is 0.444. The number of aliphatic hydroxyl groups excluding tert-OH is 1. The highest BCUT2D eigenvalue weighted by Crippen LogP contribution is 2.02. The molecule has 15 heavy (non-hydrogen) atoms. The van der Waals surface area contributed by atoms with Crippen LogP contribution in [0.5, 0.6) is 0 Å². The van der Waals surface area contributed by atoms with Crippen LogP contribution in [0.4, 0.5) is 0 Å². The molecule has 0 saturated heterocycles. The summed E-state index contributed by atoms with van der Waals surface area (Å²) >= 11 is 1.95. The maximum Gasteiger partial charge on any atom is 0.0513 e. The van der Waals surface area contributed by atoms with E-state index in [0.717, 1.165) is 49.7 Å². The Morgan fingerprint density at radius 2 is 2.00 bits per heavy atom. The highest BCUT2D eigenvalue weighted by Gasteiger charge is 1.90. The van der Waals surface area contributed by atoms with Crippen molar-refractivity contribution in [3.63, 3.8) is 0 Å². The summed E-state index contributed by atoms with van der Waals surface area (Å²) in [6, 6.07) is 0. The molecule has 3 nitrogen and oxygen atoms in total. The van der Waals surface area contributed by atoms with Gasteiger partial charge in [-0.1, -0.05) is 0 Å². The van der Waals surface area contributed by atoms with E-state index in [-0.39, 0.29) is 0 Å². The molecular weight excluding hydrogens is 208 g/mol. The molecule has 0 spiro atoms. The zero-order valence-corrected chi connectivity index (χ0v) is 10.8. The van der Waals surface area contributed by atoms with Crippen LogP contribution in [0, 0.1) is 0 Å². The van der Waals surface area contributed by atoms with Gasteiger partial charge >= 0.3 is 0 Å². The molecular formula is C11H24N2OS. The lowest BCUT2D eigenvalue weighted by Gasteiger charge is -2.03. The molecule has 0 aliphatic rings. The molecule has 0 rings (SSSR count). The van der Waals surface area contributed by atoms with E-state index in [0.29, 0.717) is 6.61 Å². The van der Waals surface area contributed by atoms with E-state index in [9.17, 15) is 0 Å². The fourth-order valence-electron chi connectivity index (χ4n) is 1.05. The molecule has 4 heteroatoms. The highest BCUT2D eigenvalue weighted by atomic mass is 32.2. The molecule has 0 aromatic heterocycles. The molecule has 2 N–H and O–H groups in total. The first kappa shape index (κ1) is 14.9. The minimum absolute atomic E-state index is 0.327. The van der Waals surface area contributed by atoms with Gasteiger partial charge in [-0.25, -0.2) is 0 Å². The van der Waals surface area contributed by atoms with Gasteiger partial charge in [-0.05, 0) is 32.4 Å². The van der Waals surface area contributed by atoms with Crippen molar-refractivity contribution in [1.29, 1.82) is 0 Å². The summed E-state index contributed by atoms with van der Waals surface area (Å²) in [6.07, 6.45) is 2.06. The second-order valence-corrected chi connectivity index (χ2v) is 4.85. The van der Waals surface area contributed by atoms with Crippen molar-refractivity contribution in [1.82, 2.24) is 5.32 Å². The molecule has 0 aliphatic carbocycles. The number of aliphatic imine (C=N–C) groups is 1. The van der Waals surface area contributed by atoms with Gasteiger partial charge in [-0.2, -0.15) is 11.8 Å². The van der Waals surface area contributed by atoms with E-state index in [1.807, 2.05) is 25.6 Å². The number of nitrogens with one attached hydrogen (secondary N) is 1. The molecule has 0 aliphatic heterocycles. The predicted octanol–water partition coefficient (Wildman–Crippen LogP) is 1.56. The number of unbranched alkanes of at least 4 members (excludes halogenated alkanes) is 1. The second kappa shape index (κ2) is 12.0. The number of nitrogens with zero attached hydrogens (tertiary/aromatic N) is 1. The van der Waals surface area contributed by atoms with Gasteiger partial charge in [0.05, 0.1) is 6.54 Å². The van der Waals surface area contributed by atoms with E-state index < -0.39 is 0 Å². The van der Waals surface area contributed by atoms with Crippen molar-refractivity contribution in [2.45, 2.75) is 26.7 Å². The Bertz CT molecular complexity index is 159. The van der Waals surface area contributed by atoms with Crippen LogP contribution < -0.4 is 5.32 Å². The smallest absolute Gasteiger partial charge is 0.0513 e. The minimum atomic E-state index is 0.327. The van der Waals surface area contributed by atoms with E-state index in [2.05, 4.69) is 10.3 Å². The molecule has 0 fully saturated rings. The molecule has 0 aromatic rings. The van der Waals surface area contributed by atoms with Crippen molar-refractivity contribution in [2.75, 3.05) is 37.7 Å². The zero-order chi connectivity index (χ0) is 11.4. The third kappa shape index (κ3) is 13.9. The zero-order valence-electron chi connectivity index (χ0n) is 9.96. The average molecular weight is 232 g/mol. The van der Waals surface area contributed by atoms with Gasteiger partial charge in [0, 0.05) is 31.2 Å². The van der Waals surface area contributed by atoms with Crippen LogP contribution in [0.1, 0.15) is 26.7 Å². The normalized spacial score (nSPS) is 10.3. The minimum Gasteiger partial charge on any atom is -0.396 e. The topological polar surface area (TPSA) is 44.6 Å². The number of aliphatic hydroxyl groups is 1. The number of thioether (sulfide) groups is 1. The van der Waals surface area contributed by atoms with Gasteiger partial charge in [0.1, 0.15) is 0 Å². The van der Waals surface area contributed by atoms with Crippen molar-refractivity contribution in [3.05, 3.63) is 0 Å². The van der Waals surface area contributed by atoms with Crippen LogP contribution in [0.15, 0.2) is 4.99 Å². The Morgan fingerprint density at radius 3 is 2.67 bits per heavy atom. The van der Waals surface area contributed by atoms with E-state index in [4.69, 9.17) is 5.11 Å². The first-order valence-electron chi connectivity index (χ1n) is 5.64. The Morgan fingerprint density at radius 1 is 1.20 bits per heavy atom. The van der Waals surface area contributed by atoms with Crippen LogP contribution in [0.2, 0.25) is 0 Å². The van der Waals surface area contributed by atoms with Gasteiger partial charge < -0.3 is 10.4 Å². The van der Waals surface area contributed by atoms with Crippen molar-refractivity contribution in [2.24, 2.45) is 4.99 Å². The fraction of sp³-hybridized carbons (Fsp3) is 0.909. The van der Waals surface area contributed by atoms with Gasteiger partial charge in [0.2, 0.25) is 0 Å². The van der Waals surface area contributed by atoms with Gasteiger partial charge in [0.15, 0.2) is 0 Å². The lowest BCUT2D eigenvalue weighted by atomic mass is 10.4. The first-order valence-corrected chi connectivity index (χ1v) is 6.80. The second-order valence-electron chi connectivity index (χ2n) is 3.62. The Hall–Kier alpha value is -0.0600. The summed E-state index contributed by atoms with van der Waals surface area (Å²) in [6.45, 7) is 7.29. The van der Waals surface area contributed by atoms with Crippen LogP contribution in [0.3, 0.4) is 0 Å². The van der Waals surface area contributed by atoms with Gasteiger partial charge in [-0.15, -0.1) is 0 Å². The van der Waals surface area contributed by atoms with E-state index in [1.165, 1.54) is 0 Å². The summed E-state index contributed by atoms with van der Waals surface area (Å²) in [5.41, 5.74) is 1.15. The van der Waals surface area contributed by atoms with Gasteiger partial charge in [0.25, 0.3) is 0 Å². The highest BCUT2D eigenvalue weighted by molar-refractivity contribution is 7.99. The summed E-state index contributed by atoms with van der Waals surface area (Å²) in [4.78, 5) is 4.30. The largest absolute Gasteiger partial charge is 0.396 e. The van der Waals surface area contributed by atoms with Gasteiger partial charge in [-0.3, -0.25) is 4.99 Å². The summed E-state index contributed by atoms with van der Waals surface area (Å²) < 4.78 is 0. The van der Waals surface area contributed by atoms with Crippen molar-refractivity contribution >= 4 is 17.5 Å². The number of hydrogen-bond donors (Lipinski definition) is 2. The SMILES string of the molecule is CC(C)=NCCNCCSCCCCO. The molecule has 90 valence electrons. The molecule has 0 aromatic carbocycles. The Labute approximate surface area is 97.8 Å². The van der Waals surface area contributed by atoms with E-state index in [1.54, 1.807) is 0 Å². The molecule has 0 radical (unpaired) electrons. The first-order chi connectivity index (χ1) is 7.27. The molecule has 0 atom stereocenters. The number of hydrogen-bond acceptors (Lipinski definition) is 4. The fourth-order valence-corrected chi connectivity index (χ4v) is 1.95. The Kier molecular flexibility index (Phi) is 12.0. The monoisotopic (exact) mass is 232 g/mol. The molecule has 0 amide bonds.